The second-order valence-corrected chi connectivity index (χ2v) is 14.8. The molecule has 7 nitrogen and oxygen atoms in total. The quantitative estimate of drug-likeness (QED) is 0.132. The molecule has 0 saturated heterocycles. The average Bonchev–Trinajstić information content (AvgIpc) is 3.36. The Bertz CT molecular complexity index is 1730. The first-order valence-corrected chi connectivity index (χ1v) is 16.5. The zero-order valence-corrected chi connectivity index (χ0v) is 29.2. The molecule has 0 saturated carbocycles. The number of unbranched alkanes of at least 4 members (excludes halogenated alkanes) is 1. The van der Waals surface area contributed by atoms with Gasteiger partial charge in [-0.05, 0) is 96.8 Å². The number of halogens is 3. The van der Waals surface area contributed by atoms with Gasteiger partial charge in [0.25, 0.3) is 0 Å². The van der Waals surface area contributed by atoms with Crippen molar-refractivity contribution >= 4 is 104 Å². The van der Waals surface area contributed by atoms with E-state index in [0.29, 0.717) is 34.4 Å². The Labute approximate surface area is 269 Å². The van der Waals surface area contributed by atoms with Gasteiger partial charge in [0.15, 0.2) is 5.75 Å². The summed E-state index contributed by atoms with van der Waals surface area (Å²) in [6.45, 7) is 11.4. The molecule has 0 aliphatic heterocycles. The summed E-state index contributed by atoms with van der Waals surface area (Å²) in [6, 6.07) is 13.6. The molecule has 222 valence electrons. The number of carbonyl (C=O) groups excluding carboxylic acids is 2. The zero-order chi connectivity index (χ0) is 30.6. The second kappa shape index (κ2) is 11.5. The van der Waals surface area contributed by atoms with Crippen molar-refractivity contribution in [3.8, 4) is 5.75 Å². The number of carbonyl (C=O) groups is 2. The van der Waals surface area contributed by atoms with Crippen molar-refractivity contribution in [1.82, 2.24) is 9.13 Å². The van der Waals surface area contributed by atoms with Crippen LogP contribution in [0.15, 0.2) is 51.4 Å². The van der Waals surface area contributed by atoms with Crippen molar-refractivity contribution in [1.29, 1.82) is 0 Å². The maximum absolute atomic E-state index is 13.9. The van der Waals surface area contributed by atoms with Crippen LogP contribution < -0.4 is 4.74 Å². The summed E-state index contributed by atoms with van der Waals surface area (Å²) in [4.78, 5) is 27.8. The van der Waals surface area contributed by atoms with E-state index in [4.69, 9.17) is 14.2 Å². The molecule has 0 radical (unpaired) electrons. The number of hydrogen-bond donors (Lipinski definition) is 0. The first-order chi connectivity index (χ1) is 19.7. The zero-order valence-electron chi connectivity index (χ0n) is 24.4. The lowest BCUT2D eigenvalue weighted by atomic mass is 10.1. The summed E-state index contributed by atoms with van der Waals surface area (Å²) in [5, 5.41) is 4.16. The topological polar surface area (TPSA) is 71.7 Å². The lowest BCUT2D eigenvalue weighted by molar-refractivity contribution is 0.0541. The Morgan fingerprint density at radius 2 is 1.14 bits per heavy atom. The SMILES string of the molecule is CC(C)(C)OC(=O)n1c2ccc(Br)cc2c2cc3c4cc(Br)ccc4n(C(=O)OC(C)(C)C)c3c(OCCCCBr)c21. The Kier molecular flexibility index (Phi) is 8.46. The minimum atomic E-state index is -0.728. The van der Waals surface area contributed by atoms with Crippen molar-refractivity contribution in [2.75, 3.05) is 11.9 Å². The molecule has 0 atom stereocenters. The number of aromatic nitrogens is 2. The fourth-order valence-corrected chi connectivity index (χ4v) is 6.19. The highest BCUT2D eigenvalue weighted by Gasteiger charge is 2.30. The van der Waals surface area contributed by atoms with Crippen molar-refractivity contribution in [2.24, 2.45) is 0 Å². The summed E-state index contributed by atoms with van der Waals surface area (Å²) in [5.74, 6) is 0.424. The molecule has 0 spiro atoms. The van der Waals surface area contributed by atoms with Crippen LogP contribution in [0.5, 0.6) is 5.75 Å². The number of rotatable bonds is 5. The predicted molar refractivity (Wildman–Crippen MR) is 180 cm³/mol. The molecule has 0 fully saturated rings. The van der Waals surface area contributed by atoms with Crippen LogP contribution in [-0.4, -0.2) is 44.5 Å². The second-order valence-electron chi connectivity index (χ2n) is 12.2. The highest BCUT2D eigenvalue weighted by atomic mass is 79.9. The van der Waals surface area contributed by atoms with Gasteiger partial charge >= 0.3 is 12.2 Å². The first kappa shape index (κ1) is 30.9. The summed E-state index contributed by atoms with van der Waals surface area (Å²) < 4.78 is 23.3. The molecule has 0 aliphatic rings. The monoisotopic (exact) mass is 762 g/mol. The highest BCUT2D eigenvalue weighted by Crippen LogP contribution is 2.45. The van der Waals surface area contributed by atoms with Gasteiger partial charge in [0.2, 0.25) is 0 Å². The van der Waals surface area contributed by atoms with E-state index >= 15 is 0 Å². The van der Waals surface area contributed by atoms with Crippen LogP contribution in [0.25, 0.3) is 43.6 Å². The fourth-order valence-electron chi connectivity index (χ4n) is 5.07. The summed E-state index contributed by atoms with van der Waals surface area (Å²) in [6.07, 6.45) is 0.622. The maximum atomic E-state index is 13.9. The predicted octanol–water partition coefficient (Wildman–Crippen LogP) is 10.5. The summed E-state index contributed by atoms with van der Waals surface area (Å²) in [5.41, 5.74) is 0.970. The summed E-state index contributed by atoms with van der Waals surface area (Å²) in [7, 11) is 0. The van der Waals surface area contributed by atoms with Gasteiger partial charge in [-0.2, -0.15) is 0 Å². The van der Waals surface area contributed by atoms with E-state index in [1.54, 1.807) is 9.13 Å². The van der Waals surface area contributed by atoms with Gasteiger partial charge in [-0.15, -0.1) is 0 Å². The van der Waals surface area contributed by atoms with E-state index in [2.05, 4.69) is 47.8 Å². The van der Waals surface area contributed by atoms with E-state index in [-0.39, 0.29) is 0 Å². The molecule has 2 heterocycles. The maximum Gasteiger partial charge on any atom is 0.419 e. The Hall–Kier alpha value is -2.56. The number of benzene rings is 3. The van der Waals surface area contributed by atoms with Crippen LogP contribution in [0.1, 0.15) is 54.4 Å². The Morgan fingerprint density at radius 3 is 1.55 bits per heavy atom. The molecule has 0 amide bonds. The van der Waals surface area contributed by atoms with Crippen LogP contribution in [-0.2, 0) is 9.47 Å². The minimum Gasteiger partial charge on any atom is -0.489 e. The molecule has 42 heavy (non-hydrogen) atoms. The van der Waals surface area contributed by atoms with E-state index in [0.717, 1.165) is 48.7 Å². The molecule has 2 aromatic heterocycles. The van der Waals surface area contributed by atoms with Gasteiger partial charge < -0.3 is 14.2 Å². The third-order valence-corrected chi connectivity index (χ3v) is 8.13. The largest absolute Gasteiger partial charge is 0.489 e. The Balaban J connectivity index is 1.98. The van der Waals surface area contributed by atoms with Crippen molar-refractivity contribution in [3.63, 3.8) is 0 Å². The van der Waals surface area contributed by atoms with Crippen LogP contribution in [0, 0.1) is 0 Å². The molecular formula is C32H33Br3N2O5. The van der Waals surface area contributed by atoms with Crippen molar-refractivity contribution in [3.05, 3.63) is 51.4 Å². The smallest absolute Gasteiger partial charge is 0.419 e. The number of alkyl halides is 1. The van der Waals surface area contributed by atoms with Gasteiger partial charge in [-0.25, -0.2) is 18.7 Å². The number of ether oxygens (including phenoxy) is 3. The molecule has 10 heteroatoms. The third-order valence-electron chi connectivity index (χ3n) is 6.58. The number of nitrogens with zero attached hydrogens (tertiary/aromatic N) is 2. The minimum absolute atomic E-state index is 0.388. The van der Waals surface area contributed by atoms with Crippen LogP contribution >= 0.6 is 47.8 Å². The van der Waals surface area contributed by atoms with Gasteiger partial charge in [-0.3, -0.25) is 0 Å². The van der Waals surface area contributed by atoms with Crippen molar-refractivity contribution < 1.29 is 23.8 Å². The lowest BCUT2D eigenvalue weighted by Gasteiger charge is -2.22. The third kappa shape index (κ3) is 5.95. The highest BCUT2D eigenvalue weighted by molar-refractivity contribution is 9.10. The average molecular weight is 765 g/mol. The van der Waals surface area contributed by atoms with Gasteiger partial charge in [0.05, 0.1) is 17.6 Å². The molecular weight excluding hydrogens is 732 g/mol. The van der Waals surface area contributed by atoms with Crippen LogP contribution in [0.2, 0.25) is 0 Å². The lowest BCUT2D eigenvalue weighted by Crippen LogP contribution is -2.27. The van der Waals surface area contributed by atoms with Gasteiger partial charge in [0.1, 0.15) is 22.2 Å². The molecule has 0 bridgehead atoms. The standard InChI is InChI=1S/C32H33Br3N2O5/c1-31(2,3)41-29(38)36-24-11-9-18(34)15-20(24)22-17-23-21-16-19(35)10-12-25(21)37(30(39)42-32(4,5)6)27(23)28(26(22)36)40-14-8-7-13-33/h9-12,15-17H,7-8,13-14H2,1-6H3. The van der Waals surface area contributed by atoms with E-state index < -0.39 is 23.4 Å². The molecule has 0 aliphatic carbocycles. The number of fused-ring (bicyclic) bond motifs is 6. The normalized spacial score (nSPS) is 12.5. The van der Waals surface area contributed by atoms with E-state index in [1.165, 1.54) is 0 Å². The first-order valence-electron chi connectivity index (χ1n) is 13.8. The van der Waals surface area contributed by atoms with E-state index in [1.807, 2.05) is 84.0 Å². The van der Waals surface area contributed by atoms with Crippen molar-refractivity contribution in [2.45, 2.75) is 65.6 Å². The molecule has 5 aromatic rings. The van der Waals surface area contributed by atoms with Crippen LogP contribution in [0.4, 0.5) is 9.59 Å². The molecule has 3 aromatic carbocycles. The molecule has 0 N–H and O–H groups in total. The fraction of sp³-hybridized carbons (Fsp3) is 0.375. The number of hydrogen-bond acceptors (Lipinski definition) is 5. The Morgan fingerprint density at radius 1 is 0.690 bits per heavy atom. The molecule has 0 unspecified atom stereocenters. The van der Waals surface area contributed by atoms with Crippen LogP contribution in [0.3, 0.4) is 0 Å². The summed E-state index contributed by atoms with van der Waals surface area (Å²) >= 11 is 10.7. The van der Waals surface area contributed by atoms with Gasteiger partial charge in [-0.1, -0.05) is 47.8 Å². The molecule has 5 rings (SSSR count). The van der Waals surface area contributed by atoms with E-state index in [9.17, 15) is 9.59 Å². The van der Waals surface area contributed by atoms with Gasteiger partial charge in [0, 0.05) is 35.8 Å².